The molecule has 0 atom stereocenters. The van der Waals surface area contributed by atoms with E-state index in [1.165, 1.54) is 0 Å². The normalized spacial score (nSPS) is 10.5. The molecule has 1 N–H and O–H groups in total. The molecule has 0 aliphatic heterocycles. The molecular formula is C15H15O2. The van der Waals surface area contributed by atoms with Crippen LogP contribution >= 0.6 is 0 Å². The van der Waals surface area contributed by atoms with Crippen LogP contribution in [0.1, 0.15) is 18.1 Å². The molecule has 2 aromatic rings. The number of hydrogen-bond donors (Lipinski definition) is 1. The molecule has 87 valence electrons. The van der Waals surface area contributed by atoms with Gasteiger partial charge in [-0.1, -0.05) is 31.2 Å². The van der Waals surface area contributed by atoms with Crippen molar-refractivity contribution in [1.29, 1.82) is 0 Å². The number of aromatic hydroxyl groups is 1. The summed E-state index contributed by atoms with van der Waals surface area (Å²) in [5.41, 5.74) is 3.40. The highest BCUT2D eigenvalue weighted by atomic mass is 16.3. The Morgan fingerprint density at radius 2 is 1.82 bits per heavy atom. The van der Waals surface area contributed by atoms with Crippen molar-refractivity contribution in [3.63, 3.8) is 0 Å². The molecule has 17 heavy (non-hydrogen) atoms. The van der Waals surface area contributed by atoms with Crippen LogP contribution in [0.15, 0.2) is 36.4 Å². The van der Waals surface area contributed by atoms with Gasteiger partial charge in [-0.2, -0.15) is 0 Å². The predicted molar refractivity (Wildman–Crippen MR) is 67.8 cm³/mol. The predicted octanol–water partition coefficient (Wildman–Crippen LogP) is 4.07. The van der Waals surface area contributed by atoms with Gasteiger partial charge >= 0.3 is 0 Å². The van der Waals surface area contributed by atoms with Crippen LogP contribution in [0.4, 0.5) is 0 Å². The first-order valence-electron chi connectivity index (χ1n) is 5.73. The molecule has 0 bridgehead atoms. The van der Waals surface area contributed by atoms with Gasteiger partial charge in [0.2, 0.25) is 0 Å². The zero-order chi connectivity index (χ0) is 12.4. The maximum atomic E-state index is 11.8. The van der Waals surface area contributed by atoms with E-state index in [0.29, 0.717) is 6.42 Å². The molecule has 2 aromatic carbocycles. The summed E-state index contributed by atoms with van der Waals surface area (Å²) in [5.74, 6) is 0.257. The van der Waals surface area contributed by atoms with E-state index in [-0.39, 0.29) is 11.5 Å². The Balaban J connectivity index is 2.75. The number of benzene rings is 2. The van der Waals surface area contributed by atoms with Crippen LogP contribution in [-0.2, 0) is 11.5 Å². The van der Waals surface area contributed by atoms with E-state index < -0.39 is 0 Å². The molecule has 0 spiro atoms. The molecule has 0 saturated carbocycles. The lowest BCUT2D eigenvalue weighted by molar-refractivity contribution is 0.350. The quantitative estimate of drug-likeness (QED) is 0.825. The Hall–Kier alpha value is -1.96. The molecular weight excluding hydrogens is 212 g/mol. The van der Waals surface area contributed by atoms with Crippen molar-refractivity contribution >= 4 is 0 Å². The van der Waals surface area contributed by atoms with Crippen molar-refractivity contribution in [2.75, 3.05) is 0 Å². The molecule has 2 rings (SSSR count). The van der Waals surface area contributed by atoms with Crippen LogP contribution in [0.2, 0.25) is 0 Å². The third-order valence-electron chi connectivity index (χ3n) is 3.01. The molecule has 0 heterocycles. The highest BCUT2D eigenvalue weighted by Crippen LogP contribution is 2.38. The molecule has 2 heteroatoms. The molecule has 1 radical (unpaired) electrons. The average Bonchev–Trinajstić information content (AvgIpc) is 2.33. The lowest BCUT2D eigenvalue weighted by Crippen LogP contribution is -1.92. The molecule has 0 saturated heterocycles. The van der Waals surface area contributed by atoms with Gasteiger partial charge in [0, 0.05) is 11.1 Å². The van der Waals surface area contributed by atoms with E-state index >= 15 is 0 Å². The number of hydrogen-bond acceptors (Lipinski definition) is 1. The first-order valence-corrected chi connectivity index (χ1v) is 5.73. The van der Waals surface area contributed by atoms with Gasteiger partial charge in [-0.3, -0.25) is 5.11 Å². The van der Waals surface area contributed by atoms with E-state index in [1.807, 2.05) is 32.0 Å². The Morgan fingerprint density at radius 1 is 1.12 bits per heavy atom. The highest BCUT2D eigenvalue weighted by Gasteiger charge is 2.14. The fourth-order valence-corrected chi connectivity index (χ4v) is 2.16. The molecule has 0 amide bonds. The van der Waals surface area contributed by atoms with Crippen LogP contribution in [-0.4, -0.2) is 5.11 Å². The fourth-order valence-electron chi connectivity index (χ4n) is 2.16. The lowest BCUT2D eigenvalue weighted by Gasteiger charge is -2.13. The zero-order valence-electron chi connectivity index (χ0n) is 10.0. The number of aryl methyl sites for hydroxylation is 1. The van der Waals surface area contributed by atoms with E-state index in [9.17, 15) is 10.2 Å². The first kappa shape index (κ1) is 11.5. The first-order chi connectivity index (χ1) is 8.15. The number of rotatable bonds is 2. The second-order valence-corrected chi connectivity index (χ2v) is 4.10. The summed E-state index contributed by atoms with van der Waals surface area (Å²) < 4.78 is 0. The maximum absolute atomic E-state index is 11.8. The second-order valence-electron chi connectivity index (χ2n) is 4.10. The van der Waals surface area contributed by atoms with E-state index in [1.54, 1.807) is 18.2 Å². The van der Waals surface area contributed by atoms with E-state index in [2.05, 4.69) is 0 Å². The monoisotopic (exact) mass is 227 g/mol. The third-order valence-corrected chi connectivity index (χ3v) is 3.01. The van der Waals surface area contributed by atoms with Crippen LogP contribution < -0.4 is 0 Å². The summed E-state index contributed by atoms with van der Waals surface area (Å²) in [6.45, 7) is 3.92. The van der Waals surface area contributed by atoms with Crippen molar-refractivity contribution < 1.29 is 10.2 Å². The van der Waals surface area contributed by atoms with Gasteiger partial charge in [0.05, 0.1) is 0 Å². The molecule has 0 aliphatic rings. The summed E-state index contributed by atoms with van der Waals surface area (Å²) in [4.78, 5) is 0. The zero-order valence-corrected chi connectivity index (χ0v) is 10.0. The van der Waals surface area contributed by atoms with Gasteiger partial charge in [-0.05, 0) is 36.6 Å². The van der Waals surface area contributed by atoms with Gasteiger partial charge in [0.25, 0.3) is 0 Å². The maximum Gasteiger partial charge on any atom is 0.182 e. The summed E-state index contributed by atoms with van der Waals surface area (Å²) in [7, 11) is 0. The molecule has 2 nitrogen and oxygen atoms in total. The number of phenolic OH excluding ortho intramolecular Hbond substituents is 1. The fraction of sp³-hybridized carbons (Fsp3) is 0.200. The standard InChI is InChI=1S/C15H15O2/c1-3-11-14(17)9-8-10(2)15(11)12-6-4-5-7-13(12)16/h4-9,16H,3H2,1-2H3. The van der Waals surface area contributed by atoms with Crippen LogP contribution in [0, 0.1) is 6.92 Å². The van der Waals surface area contributed by atoms with Crippen LogP contribution in [0.25, 0.3) is 11.1 Å². The van der Waals surface area contributed by atoms with Crippen LogP contribution in [0.5, 0.6) is 11.5 Å². The Labute approximate surface area is 101 Å². The molecule has 0 unspecified atom stereocenters. The number of para-hydroxylation sites is 1. The molecule has 0 aliphatic carbocycles. The minimum Gasteiger partial charge on any atom is -0.507 e. The van der Waals surface area contributed by atoms with Gasteiger partial charge in [-0.25, -0.2) is 0 Å². The SMILES string of the molecule is CCc1c([O])ccc(C)c1-c1ccccc1O. The summed E-state index contributed by atoms with van der Waals surface area (Å²) in [5, 5.41) is 21.7. The second kappa shape index (κ2) is 4.50. The minimum atomic E-state index is 0.0383. The molecule has 0 fully saturated rings. The summed E-state index contributed by atoms with van der Waals surface area (Å²) in [6, 6.07) is 10.5. The summed E-state index contributed by atoms with van der Waals surface area (Å²) >= 11 is 0. The topological polar surface area (TPSA) is 40.1 Å². The van der Waals surface area contributed by atoms with Gasteiger partial charge in [-0.15, -0.1) is 0 Å². The van der Waals surface area contributed by atoms with Crippen molar-refractivity contribution in [2.24, 2.45) is 0 Å². The largest absolute Gasteiger partial charge is 0.507 e. The van der Waals surface area contributed by atoms with Crippen LogP contribution in [0.3, 0.4) is 0 Å². The van der Waals surface area contributed by atoms with Gasteiger partial charge in [0.15, 0.2) is 5.75 Å². The van der Waals surface area contributed by atoms with Crippen molar-refractivity contribution in [3.8, 4) is 22.6 Å². The molecule has 0 aromatic heterocycles. The van der Waals surface area contributed by atoms with Gasteiger partial charge < -0.3 is 5.11 Å². The highest BCUT2D eigenvalue weighted by molar-refractivity contribution is 5.77. The smallest absolute Gasteiger partial charge is 0.182 e. The Kier molecular flexibility index (Phi) is 3.05. The van der Waals surface area contributed by atoms with Crippen molar-refractivity contribution in [1.82, 2.24) is 0 Å². The lowest BCUT2D eigenvalue weighted by atomic mass is 9.92. The Bertz CT molecular complexity index is 545. The van der Waals surface area contributed by atoms with Crippen molar-refractivity contribution in [3.05, 3.63) is 47.5 Å². The van der Waals surface area contributed by atoms with E-state index in [4.69, 9.17) is 0 Å². The number of phenols is 1. The summed E-state index contributed by atoms with van der Waals surface area (Å²) in [6.07, 6.45) is 0.671. The minimum absolute atomic E-state index is 0.0383. The Morgan fingerprint density at radius 3 is 2.47 bits per heavy atom. The third kappa shape index (κ3) is 1.98. The van der Waals surface area contributed by atoms with E-state index in [0.717, 1.165) is 22.3 Å². The van der Waals surface area contributed by atoms with Crippen molar-refractivity contribution in [2.45, 2.75) is 20.3 Å². The average molecular weight is 227 g/mol. The van der Waals surface area contributed by atoms with Gasteiger partial charge in [0.1, 0.15) is 5.75 Å².